The molecule has 4 aliphatic rings. The maximum atomic E-state index is 15.0. The Bertz CT molecular complexity index is 6000. The molecule has 10 unspecified atom stereocenters. The number of esters is 9. The van der Waals surface area contributed by atoms with E-state index in [-0.39, 0.29) is 24.3 Å². The van der Waals surface area contributed by atoms with Gasteiger partial charge in [0.05, 0.1) is 44.5 Å². The maximum absolute atomic E-state index is 15.0. The Kier molecular flexibility index (Phi) is 21.3. The van der Waals surface area contributed by atoms with Crippen molar-refractivity contribution in [3.63, 3.8) is 0 Å². The summed E-state index contributed by atoms with van der Waals surface area (Å²) in [6.45, 7) is -2.90. The van der Waals surface area contributed by atoms with Gasteiger partial charge in [-0.1, -0.05) is 0 Å². The lowest BCUT2D eigenvalue weighted by atomic mass is 9.92. The molecule has 9 aromatic rings. The van der Waals surface area contributed by atoms with Gasteiger partial charge in [-0.15, -0.1) is 0 Å². The number of aromatic hydroxyl groups is 26. The predicted molar refractivity (Wildman–Crippen MR) is 380 cm³/mol. The number of phenolic OH excluding ortho intramolecular Hbond substituents is 26. The number of carbonyl (C=O) groups excluding carboxylic acids is 9. The Hall–Kier alpha value is -17.3. The molecule has 13 rings (SSSR count). The molecule has 0 aromatic heterocycles. The molecule has 4 heterocycles. The number of carbonyl (C=O) groups is 9. The molecule has 48 heteroatoms. The number of aliphatic hydroxyl groups is 1. The zero-order valence-electron chi connectivity index (χ0n) is 60.3. The van der Waals surface area contributed by atoms with Gasteiger partial charge in [-0.25, -0.2) is 43.2 Å². The fourth-order valence-electron chi connectivity index (χ4n) is 12.9. The molecular formula is C75H54O48. The summed E-state index contributed by atoms with van der Waals surface area (Å²) in [4.78, 5) is 131. The minimum atomic E-state index is -2.96. The van der Waals surface area contributed by atoms with E-state index in [1.54, 1.807) is 0 Å². The minimum absolute atomic E-state index is 0.153. The summed E-state index contributed by atoms with van der Waals surface area (Å²) in [6, 6.07) is 4.53. The molecule has 0 aliphatic carbocycles. The number of benzene rings is 9. The van der Waals surface area contributed by atoms with Gasteiger partial charge in [-0.2, -0.15) is 0 Å². The third-order valence-electron chi connectivity index (χ3n) is 18.9. The number of cyclic esters (lactones) is 2. The zero-order valence-corrected chi connectivity index (χ0v) is 60.3. The predicted octanol–water partition coefficient (Wildman–Crippen LogP) is 2.75. The first-order valence-electron chi connectivity index (χ1n) is 34.1. The summed E-state index contributed by atoms with van der Waals surface area (Å²) in [7, 11) is 0. The SMILES string of the molecule is O=C(OC1OC2COC(=O)c3cc(O)c(O)c(O)c3-c3c(cc(O)c(O)c3O)C(=O)OC2C(OC(=O)c2cc(O)c(O)c(O)c2)C1OC(=O)c1cc(O)c(O)c(O)c1)c1cc(O)c(O)c(Oc2c(C(=O)OC3C(O)OC4COC(=O)c5cc(O)c(O)c(O)c5-c5c(cc(O)c(O)c5O)C(=O)OC4C3OC(=O)c3cc(O)c(O)c(O)c3)cc(O)c(O)c2O)c1. The number of hydrogen-bond acceptors (Lipinski definition) is 48. The van der Waals surface area contributed by atoms with Crippen LogP contribution in [0.2, 0.25) is 0 Å². The molecule has 4 aliphatic heterocycles. The molecule has 27 N–H and O–H groups in total. The van der Waals surface area contributed by atoms with Crippen molar-refractivity contribution in [2.75, 3.05) is 13.2 Å². The van der Waals surface area contributed by atoms with Crippen LogP contribution in [0.3, 0.4) is 0 Å². The molecule has 123 heavy (non-hydrogen) atoms. The van der Waals surface area contributed by atoms with Crippen molar-refractivity contribution in [2.24, 2.45) is 0 Å². The molecule has 0 bridgehead atoms. The van der Waals surface area contributed by atoms with E-state index in [1.165, 1.54) is 0 Å². The standard InChI is InChI=1S/C75H54O48/c76-25-1-16(2-26(77)44(25)88)65(102)119-61-59-38(14-112-69(106)20-9-32(83)48(92)53(97)40(20)42-22(71(108)117-59)11-34(85)50(94)55(42)99)115-74(111)63(61)121-73(110)24-13-36(87)52(96)57(101)58(24)114-37-8-19(7-31(82)47(37)91)68(105)123-75-64(122-67(104)18-5-29(80)46(90)30(81)6-18)62(120-66(103)17-3-27(78)45(89)28(79)4-17)60-39(116-75)15-113-70(107)21-10-33(84)49(93)54(98)41(21)43-23(72(109)118-60)12-35(86)51(95)56(43)100/h1-13,38-39,59-64,74-101,111H,14-15H2. The summed E-state index contributed by atoms with van der Waals surface area (Å²) in [5.41, 5.74) is -15.3. The molecule has 2 fully saturated rings. The molecule has 642 valence electrons. The number of aliphatic hydroxyl groups excluding tert-OH is 1. The second-order valence-electron chi connectivity index (χ2n) is 26.5. The van der Waals surface area contributed by atoms with E-state index in [9.17, 15) is 176 Å². The maximum Gasteiger partial charge on any atom is 0.342 e. The Morgan fingerprint density at radius 1 is 0.285 bits per heavy atom. The lowest BCUT2D eigenvalue weighted by Gasteiger charge is -2.43. The van der Waals surface area contributed by atoms with Crippen LogP contribution in [-0.4, -0.2) is 266 Å². The Morgan fingerprint density at radius 3 is 0.943 bits per heavy atom. The summed E-state index contributed by atoms with van der Waals surface area (Å²) < 4.78 is 67.6. The van der Waals surface area contributed by atoms with Crippen LogP contribution in [0.25, 0.3) is 22.3 Å². The van der Waals surface area contributed by atoms with Crippen molar-refractivity contribution in [2.45, 2.75) is 61.4 Å². The Morgan fingerprint density at radius 2 is 0.569 bits per heavy atom. The lowest BCUT2D eigenvalue weighted by Crippen LogP contribution is -2.63. The highest BCUT2D eigenvalue weighted by atomic mass is 16.8. The van der Waals surface area contributed by atoms with Crippen molar-refractivity contribution in [3.8, 4) is 183 Å². The van der Waals surface area contributed by atoms with Crippen molar-refractivity contribution >= 4 is 53.7 Å². The van der Waals surface area contributed by atoms with Crippen LogP contribution in [0.15, 0.2) is 78.9 Å². The summed E-state index contributed by atoms with van der Waals surface area (Å²) in [5.74, 6) is -57.5. The van der Waals surface area contributed by atoms with Gasteiger partial charge in [-0.3, -0.25) is 0 Å². The highest BCUT2D eigenvalue weighted by Gasteiger charge is 2.57. The van der Waals surface area contributed by atoms with Gasteiger partial charge in [0.25, 0.3) is 0 Å². The summed E-state index contributed by atoms with van der Waals surface area (Å²) in [5, 5.41) is 292. The minimum Gasteiger partial charge on any atom is -0.504 e. The van der Waals surface area contributed by atoms with Crippen LogP contribution in [0, 0.1) is 0 Å². The third-order valence-corrected chi connectivity index (χ3v) is 18.9. The molecule has 0 radical (unpaired) electrons. The van der Waals surface area contributed by atoms with Crippen molar-refractivity contribution < 1.29 is 238 Å². The van der Waals surface area contributed by atoms with Crippen molar-refractivity contribution in [3.05, 3.63) is 129 Å². The lowest BCUT2D eigenvalue weighted by molar-refractivity contribution is -0.284. The highest BCUT2D eigenvalue weighted by molar-refractivity contribution is 6.10. The fourth-order valence-corrected chi connectivity index (χ4v) is 12.9. The first kappa shape index (κ1) is 83.6. The Balaban J connectivity index is 0.896. The van der Waals surface area contributed by atoms with E-state index >= 15 is 4.79 Å². The van der Waals surface area contributed by atoms with Crippen LogP contribution in [0.4, 0.5) is 0 Å². The zero-order chi connectivity index (χ0) is 89.7. The van der Waals surface area contributed by atoms with Crippen LogP contribution >= 0.6 is 0 Å². The third kappa shape index (κ3) is 14.8. The second-order valence-corrected chi connectivity index (χ2v) is 26.5. The van der Waals surface area contributed by atoms with Gasteiger partial charge in [0.1, 0.15) is 31.0 Å². The number of ether oxygens (including phenoxy) is 12. The highest BCUT2D eigenvalue weighted by Crippen LogP contribution is 2.57. The first-order valence-corrected chi connectivity index (χ1v) is 34.1. The number of hydrogen-bond donors (Lipinski definition) is 27. The van der Waals surface area contributed by atoms with Crippen LogP contribution < -0.4 is 4.74 Å². The number of phenols is 26. The smallest absolute Gasteiger partial charge is 0.342 e. The Labute approximate surface area is 676 Å². The largest absolute Gasteiger partial charge is 0.504 e. The second kappa shape index (κ2) is 31.3. The quantitative estimate of drug-likeness (QED) is 0.0475. The van der Waals surface area contributed by atoms with Crippen LogP contribution in [0.5, 0.6) is 161 Å². The molecule has 0 amide bonds. The molecule has 48 nitrogen and oxygen atoms in total. The van der Waals surface area contributed by atoms with E-state index in [2.05, 4.69) is 0 Å². The fraction of sp³-hybridized carbons (Fsp3) is 0.160. The monoisotopic (exact) mass is 1720 g/mol. The van der Waals surface area contributed by atoms with E-state index in [0.29, 0.717) is 54.6 Å². The summed E-state index contributed by atoms with van der Waals surface area (Å²) in [6.07, 6.45) is -27.4. The van der Waals surface area contributed by atoms with Gasteiger partial charge < -0.3 is 195 Å². The first-order chi connectivity index (χ1) is 57.9. The van der Waals surface area contributed by atoms with E-state index in [1.807, 2.05) is 0 Å². The van der Waals surface area contributed by atoms with Gasteiger partial charge in [-0.05, 0) is 72.8 Å². The molecule has 0 saturated carbocycles. The van der Waals surface area contributed by atoms with Crippen LogP contribution in [-0.2, 0) is 52.1 Å². The van der Waals surface area contributed by atoms with Gasteiger partial charge >= 0.3 is 53.7 Å². The summed E-state index contributed by atoms with van der Waals surface area (Å²) >= 11 is 0. The van der Waals surface area contributed by atoms with E-state index in [0.717, 1.165) is 0 Å². The molecule has 2 saturated heterocycles. The van der Waals surface area contributed by atoms with Crippen LogP contribution in [0.1, 0.15) is 93.2 Å². The molecule has 10 atom stereocenters. The normalized spacial score (nSPS) is 19.8. The molecular weight excluding hydrogens is 1670 g/mol. The van der Waals surface area contributed by atoms with Gasteiger partial charge in [0.15, 0.2) is 158 Å². The van der Waals surface area contributed by atoms with Crippen molar-refractivity contribution in [1.29, 1.82) is 0 Å². The van der Waals surface area contributed by atoms with Crippen molar-refractivity contribution in [1.82, 2.24) is 0 Å². The average Bonchev–Trinajstić information content (AvgIpc) is 1.73. The topological polar surface area (TPSA) is 811 Å². The van der Waals surface area contributed by atoms with Gasteiger partial charge in [0.2, 0.25) is 52.6 Å². The van der Waals surface area contributed by atoms with E-state index in [4.69, 9.17) is 56.8 Å². The number of fused-ring (bicyclic) bond motifs is 8. The van der Waals surface area contributed by atoms with Gasteiger partial charge in [0, 0.05) is 28.3 Å². The van der Waals surface area contributed by atoms with E-state index < -0.39 is 362 Å². The number of rotatable bonds is 12. The average molecular weight is 1720 g/mol. The molecule has 0 spiro atoms. The molecule has 9 aromatic carbocycles.